The largest absolute Gasteiger partial charge is 0.324 e. The Hall–Kier alpha value is -0.910. The van der Waals surface area contributed by atoms with E-state index in [-0.39, 0.29) is 23.1 Å². The minimum absolute atomic E-state index is 0.0730. The van der Waals surface area contributed by atoms with Gasteiger partial charge in [-0.2, -0.15) is 0 Å². The summed E-state index contributed by atoms with van der Waals surface area (Å²) in [4.78, 5) is 24.1. The van der Waals surface area contributed by atoms with Crippen molar-refractivity contribution < 1.29 is 13.8 Å². The van der Waals surface area contributed by atoms with E-state index in [9.17, 15) is 13.8 Å². The first-order valence-corrected chi connectivity index (χ1v) is 6.46. The van der Waals surface area contributed by atoms with Gasteiger partial charge in [-0.25, -0.2) is 4.79 Å². The van der Waals surface area contributed by atoms with Crippen molar-refractivity contribution in [2.75, 3.05) is 19.3 Å². The topological polar surface area (TPSA) is 66.5 Å². The highest BCUT2D eigenvalue weighted by atomic mass is 32.2. The molecule has 1 saturated heterocycles. The zero-order chi connectivity index (χ0) is 11.6. The van der Waals surface area contributed by atoms with Gasteiger partial charge < -0.3 is 4.90 Å². The van der Waals surface area contributed by atoms with E-state index in [1.165, 1.54) is 4.90 Å². The summed E-state index contributed by atoms with van der Waals surface area (Å²) in [7, 11) is -0.954. The Balaban J connectivity index is 2.59. The van der Waals surface area contributed by atoms with E-state index in [4.69, 9.17) is 0 Å². The van der Waals surface area contributed by atoms with Gasteiger partial charge in [0.15, 0.2) is 0 Å². The van der Waals surface area contributed by atoms with Crippen molar-refractivity contribution in [3.8, 4) is 0 Å². The normalized spacial score (nSPS) is 26.1. The summed E-state index contributed by atoms with van der Waals surface area (Å²) in [5.74, 6) is -0.429. The van der Waals surface area contributed by atoms with Gasteiger partial charge in [-0.15, -0.1) is 0 Å². The summed E-state index contributed by atoms with van der Waals surface area (Å²) in [6.07, 6.45) is 1.61. The zero-order valence-electron chi connectivity index (χ0n) is 9.15. The number of rotatable bonds is 3. The molecule has 3 atom stereocenters. The van der Waals surface area contributed by atoms with Crippen LogP contribution in [-0.2, 0) is 15.6 Å². The van der Waals surface area contributed by atoms with Crippen LogP contribution in [0.4, 0.5) is 4.79 Å². The third-order valence-corrected chi connectivity index (χ3v) is 3.79. The van der Waals surface area contributed by atoms with Crippen LogP contribution in [0.25, 0.3) is 0 Å². The lowest BCUT2D eigenvalue weighted by molar-refractivity contribution is -0.125. The van der Waals surface area contributed by atoms with Gasteiger partial charge in [0.05, 0.1) is 5.92 Å². The van der Waals surface area contributed by atoms with E-state index in [2.05, 4.69) is 5.32 Å². The number of nitrogens with one attached hydrogen (secondary N) is 1. The molecule has 1 rings (SSSR count). The van der Waals surface area contributed by atoms with Crippen LogP contribution in [0.1, 0.15) is 13.8 Å². The third-order valence-electron chi connectivity index (χ3n) is 2.50. The smallest absolute Gasteiger partial charge is 0.322 e. The van der Waals surface area contributed by atoms with Gasteiger partial charge in [0.25, 0.3) is 0 Å². The molecule has 0 saturated carbocycles. The molecule has 1 aliphatic heterocycles. The van der Waals surface area contributed by atoms with Gasteiger partial charge in [-0.1, -0.05) is 6.92 Å². The molecule has 0 aromatic heterocycles. The fourth-order valence-corrected chi connectivity index (χ4v) is 1.77. The second kappa shape index (κ2) is 4.74. The third kappa shape index (κ3) is 3.02. The molecular formula is C9H16N2O3S. The van der Waals surface area contributed by atoms with Crippen molar-refractivity contribution in [2.24, 2.45) is 5.92 Å². The Labute approximate surface area is 91.7 Å². The van der Waals surface area contributed by atoms with Crippen molar-refractivity contribution >= 4 is 22.7 Å². The van der Waals surface area contributed by atoms with Crippen molar-refractivity contribution in [1.29, 1.82) is 0 Å². The summed E-state index contributed by atoms with van der Waals surface area (Å²) >= 11 is 0. The Kier molecular flexibility index (Phi) is 3.84. The van der Waals surface area contributed by atoms with Crippen molar-refractivity contribution in [1.82, 2.24) is 10.2 Å². The number of hydrogen-bond donors (Lipinski definition) is 1. The van der Waals surface area contributed by atoms with E-state index in [0.29, 0.717) is 13.1 Å². The minimum atomic E-state index is -0.954. The fraction of sp³-hybridized carbons (Fsp3) is 0.778. The molecule has 15 heavy (non-hydrogen) atoms. The summed E-state index contributed by atoms with van der Waals surface area (Å²) < 4.78 is 11.2. The number of nitrogens with zero attached hydrogens (tertiary/aromatic N) is 1. The second-order valence-electron chi connectivity index (χ2n) is 3.91. The highest BCUT2D eigenvalue weighted by Gasteiger charge is 2.30. The minimum Gasteiger partial charge on any atom is -0.322 e. The van der Waals surface area contributed by atoms with E-state index in [0.717, 1.165) is 0 Å². The van der Waals surface area contributed by atoms with Crippen molar-refractivity contribution in [3.63, 3.8) is 0 Å². The standard InChI is InChI=1S/C9H16N2O3S/c1-6-4-11(5-7(2)15(3)14)9(13)10-8(6)12/h6-7H,4-5H2,1-3H3,(H,10,12,13). The van der Waals surface area contributed by atoms with Crippen LogP contribution in [0.3, 0.4) is 0 Å². The van der Waals surface area contributed by atoms with Gasteiger partial charge >= 0.3 is 6.03 Å². The molecule has 86 valence electrons. The molecule has 0 aliphatic carbocycles. The monoisotopic (exact) mass is 232 g/mol. The molecular weight excluding hydrogens is 216 g/mol. The Bertz CT molecular complexity index is 306. The molecule has 0 aromatic rings. The van der Waals surface area contributed by atoms with Crippen LogP contribution in [0.15, 0.2) is 0 Å². The molecule has 1 N–H and O–H groups in total. The first kappa shape index (κ1) is 12.2. The highest BCUT2D eigenvalue weighted by Crippen LogP contribution is 2.09. The van der Waals surface area contributed by atoms with Gasteiger partial charge in [0.1, 0.15) is 0 Å². The summed E-state index contributed by atoms with van der Waals surface area (Å²) in [5.41, 5.74) is 0. The quantitative estimate of drug-likeness (QED) is 0.741. The average molecular weight is 232 g/mol. The molecule has 5 nitrogen and oxygen atoms in total. The Morgan fingerprint density at radius 1 is 1.60 bits per heavy atom. The molecule has 1 fully saturated rings. The van der Waals surface area contributed by atoms with E-state index >= 15 is 0 Å². The number of amides is 3. The van der Waals surface area contributed by atoms with Crippen molar-refractivity contribution in [3.05, 3.63) is 0 Å². The van der Waals surface area contributed by atoms with Crippen molar-refractivity contribution in [2.45, 2.75) is 19.1 Å². The summed E-state index contributed by atoms with van der Waals surface area (Å²) in [6.45, 7) is 4.42. The number of imide groups is 1. The maximum Gasteiger partial charge on any atom is 0.324 e. The molecule has 3 unspecified atom stereocenters. The van der Waals surface area contributed by atoms with Crippen LogP contribution in [0, 0.1) is 5.92 Å². The summed E-state index contributed by atoms with van der Waals surface area (Å²) in [5, 5.41) is 2.20. The molecule has 6 heteroatoms. The number of urea groups is 1. The lowest BCUT2D eigenvalue weighted by atomic mass is 10.1. The van der Waals surface area contributed by atoms with Gasteiger partial charge in [-0.3, -0.25) is 14.3 Å². The highest BCUT2D eigenvalue weighted by molar-refractivity contribution is 7.84. The van der Waals surface area contributed by atoms with E-state index in [1.54, 1.807) is 13.2 Å². The van der Waals surface area contributed by atoms with Crippen LogP contribution < -0.4 is 5.32 Å². The molecule has 0 radical (unpaired) electrons. The first-order valence-electron chi connectivity index (χ1n) is 4.83. The molecule has 1 heterocycles. The SMILES string of the molecule is CC1CN(CC(C)S(C)=O)C(=O)NC1=O. The lowest BCUT2D eigenvalue weighted by Crippen LogP contribution is -2.55. The maximum atomic E-state index is 11.4. The van der Waals surface area contributed by atoms with Crippen LogP contribution in [-0.4, -0.2) is 45.6 Å². The van der Waals surface area contributed by atoms with Gasteiger partial charge in [-0.05, 0) is 6.92 Å². The predicted octanol–water partition coefficient (Wildman–Crippen LogP) is -0.0587. The fourth-order valence-electron chi connectivity index (χ4n) is 1.38. The first-order chi connectivity index (χ1) is 6.91. The molecule has 0 bridgehead atoms. The molecule has 3 amide bonds. The van der Waals surface area contributed by atoms with Gasteiger partial charge in [0, 0.05) is 35.4 Å². The average Bonchev–Trinajstić information content (AvgIpc) is 2.13. The molecule has 0 spiro atoms. The van der Waals surface area contributed by atoms with Gasteiger partial charge in [0.2, 0.25) is 5.91 Å². The Morgan fingerprint density at radius 3 is 2.73 bits per heavy atom. The van der Waals surface area contributed by atoms with Crippen LogP contribution in [0.2, 0.25) is 0 Å². The van der Waals surface area contributed by atoms with Crippen LogP contribution >= 0.6 is 0 Å². The number of hydrogen-bond acceptors (Lipinski definition) is 3. The summed E-state index contributed by atoms with van der Waals surface area (Å²) in [6, 6.07) is -0.379. The van der Waals surface area contributed by atoms with Crippen LogP contribution in [0.5, 0.6) is 0 Å². The maximum absolute atomic E-state index is 11.4. The van der Waals surface area contributed by atoms with E-state index < -0.39 is 10.8 Å². The lowest BCUT2D eigenvalue weighted by Gasteiger charge is -2.31. The molecule has 1 aliphatic rings. The predicted molar refractivity (Wildman–Crippen MR) is 57.8 cm³/mol. The number of carbonyl (C=O) groups is 2. The molecule has 0 aromatic carbocycles. The number of carbonyl (C=O) groups excluding carboxylic acids is 2. The Morgan fingerprint density at radius 2 is 2.20 bits per heavy atom. The zero-order valence-corrected chi connectivity index (χ0v) is 9.97. The second-order valence-corrected chi connectivity index (χ2v) is 5.71. The van der Waals surface area contributed by atoms with E-state index in [1.807, 2.05) is 6.92 Å².